The van der Waals surface area contributed by atoms with Gasteiger partial charge in [0.05, 0.1) is 16.6 Å². The van der Waals surface area contributed by atoms with Crippen LogP contribution in [-0.4, -0.2) is 58.8 Å². The number of rotatable bonds is 10. The van der Waals surface area contributed by atoms with Crippen LogP contribution in [0.15, 0.2) is 35.1 Å². The van der Waals surface area contributed by atoms with Crippen LogP contribution >= 0.6 is 0 Å². The number of likely N-dealkylation sites (N-methyl/N-ethyl adjacent to an activating group) is 1. The average molecular weight is 494 g/mol. The van der Waals surface area contributed by atoms with Crippen LogP contribution in [0.5, 0.6) is 5.75 Å². The Hall–Kier alpha value is -3.39. The molecule has 0 aliphatic carbocycles. The quantitative estimate of drug-likeness (QED) is 0.423. The second-order valence-electron chi connectivity index (χ2n) is 9.03. The third-order valence-electron chi connectivity index (χ3n) is 7.05. The van der Waals surface area contributed by atoms with E-state index >= 15 is 0 Å². The molecule has 192 valence electrons. The molecule has 0 saturated carbocycles. The Morgan fingerprint density at radius 2 is 1.86 bits per heavy atom. The molecular weight excluding hydrogens is 457 g/mol. The molecule has 1 aliphatic heterocycles. The minimum absolute atomic E-state index is 0.190. The predicted molar refractivity (Wildman–Crippen MR) is 146 cm³/mol. The van der Waals surface area contributed by atoms with E-state index in [1.54, 1.807) is 16.7 Å². The summed E-state index contributed by atoms with van der Waals surface area (Å²) in [5.74, 6) is 0.309. The number of nitrogens with zero attached hydrogens (tertiary/aromatic N) is 4. The van der Waals surface area contributed by atoms with Crippen LogP contribution in [-0.2, 0) is 6.54 Å². The summed E-state index contributed by atoms with van der Waals surface area (Å²) in [5, 5.41) is 14.1. The van der Waals surface area contributed by atoms with Gasteiger partial charge in [-0.15, -0.1) is 0 Å². The lowest BCUT2D eigenvalue weighted by atomic mass is 10.1. The summed E-state index contributed by atoms with van der Waals surface area (Å²) in [6.45, 7) is 13.8. The first-order valence-corrected chi connectivity index (χ1v) is 12.9. The SMILES string of the molecule is CCN(CC)CCNc1cc2nc3n(c(=O)c2cc1F)CC/C3=C\c1ccc(N(CC)CC)cc1O. The number of fused-ring (bicyclic) bond motifs is 2. The van der Waals surface area contributed by atoms with Crippen LogP contribution in [0.25, 0.3) is 22.6 Å². The highest BCUT2D eigenvalue weighted by Gasteiger charge is 2.22. The fourth-order valence-electron chi connectivity index (χ4n) is 4.83. The standard InChI is InChI=1S/C28H36FN5O2/c1-5-32(6-2)14-12-30-25-18-24-22(17-23(25)29)28(36)34-13-11-20(27(34)31-24)15-19-9-10-21(16-26(19)35)33(7-3)8-4/h9-10,15-18,30,35H,5-8,11-14H2,1-4H3/b20-15+. The van der Waals surface area contributed by atoms with E-state index in [1.165, 1.54) is 6.07 Å². The van der Waals surface area contributed by atoms with E-state index in [0.717, 1.165) is 44.0 Å². The van der Waals surface area contributed by atoms with Gasteiger partial charge in [-0.2, -0.15) is 0 Å². The number of allylic oxidation sites excluding steroid dienone is 1. The van der Waals surface area contributed by atoms with E-state index in [0.29, 0.717) is 42.1 Å². The summed E-state index contributed by atoms with van der Waals surface area (Å²) in [4.78, 5) is 22.3. The Bertz CT molecular complexity index is 1330. The lowest BCUT2D eigenvalue weighted by Gasteiger charge is -2.21. The summed E-state index contributed by atoms with van der Waals surface area (Å²) >= 11 is 0. The first kappa shape index (κ1) is 25.7. The van der Waals surface area contributed by atoms with Crippen LogP contribution in [0.1, 0.15) is 45.5 Å². The Labute approximate surface area is 211 Å². The van der Waals surface area contributed by atoms with Gasteiger partial charge < -0.3 is 20.2 Å². The van der Waals surface area contributed by atoms with Crippen molar-refractivity contribution >= 4 is 33.9 Å². The van der Waals surface area contributed by atoms with Crippen LogP contribution in [0.3, 0.4) is 0 Å². The van der Waals surface area contributed by atoms with Gasteiger partial charge in [-0.05, 0) is 69.3 Å². The van der Waals surface area contributed by atoms with Crippen molar-refractivity contribution in [2.75, 3.05) is 49.5 Å². The van der Waals surface area contributed by atoms with Gasteiger partial charge in [-0.1, -0.05) is 13.8 Å². The zero-order valence-electron chi connectivity index (χ0n) is 21.6. The number of benzene rings is 2. The van der Waals surface area contributed by atoms with Gasteiger partial charge in [0.15, 0.2) is 0 Å². The van der Waals surface area contributed by atoms with Crippen LogP contribution in [0.2, 0.25) is 0 Å². The van der Waals surface area contributed by atoms with E-state index in [9.17, 15) is 14.3 Å². The molecule has 2 heterocycles. The Morgan fingerprint density at radius 3 is 2.53 bits per heavy atom. The first-order chi connectivity index (χ1) is 17.4. The van der Waals surface area contributed by atoms with Gasteiger partial charge in [0.2, 0.25) is 0 Å². The molecular formula is C28H36FN5O2. The molecule has 1 aliphatic rings. The predicted octanol–water partition coefficient (Wildman–Crippen LogP) is 4.79. The maximum Gasteiger partial charge on any atom is 0.261 e. The zero-order valence-corrected chi connectivity index (χ0v) is 21.6. The fourth-order valence-corrected chi connectivity index (χ4v) is 4.83. The van der Waals surface area contributed by atoms with Crippen molar-refractivity contribution in [2.24, 2.45) is 0 Å². The van der Waals surface area contributed by atoms with Crippen LogP contribution < -0.4 is 15.8 Å². The molecule has 3 aromatic rings. The van der Waals surface area contributed by atoms with Crippen LogP contribution in [0.4, 0.5) is 15.8 Å². The van der Waals surface area contributed by atoms with E-state index in [1.807, 2.05) is 18.2 Å². The Morgan fingerprint density at radius 1 is 1.11 bits per heavy atom. The molecule has 0 fully saturated rings. The number of phenolic OH excluding ortho intramolecular Hbond substituents is 1. The molecule has 0 atom stereocenters. The maximum absolute atomic E-state index is 14.8. The molecule has 1 aromatic heterocycles. The molecule has 8 heteroatoms. The number of aromatic hydroxyl groups is 1. The van der Waals surface area contributed by atoms with E-state index < -0.39 is 5.82 Å². The molecule has 4 rings (SSSR count). The molecule has 2 aromatic carbocycles. The van der Waals surface area contributed by atoms with Gasteiger partial charge in [-0.3, -0.25) is 9.36 Å². The van der Waals surface area contributed by atoms with Gasteiger partial charge in [0.25, 0.3) is 5.56 Å². The first-order valence-electron chi connectivity index (χ1n) is 12.9. The minimum atomic E-state index is -0.450. The van der Waals surface area contributed by atoms with E-state index in [2.05, 4.69) is 42.8 Å². The number of hydrogen-bond donors (Lipinski definition) is 2. The van der Waals surface area contributed by atoms with Gasteiger partial charge in [-0.25, -0.2) is 9.37 Å². The van der Waals surface area contributed by atoms with Gasteiger partial charge in [0, 0.05) is 50.0 Å². The lowest BCUT2D eigenvalue weighted by Crippen LogP contribution is -2.28. The summed E-state index contributed by atoms with van der Waals surface area (Å²) in [6, 6.07) is 8.58. The molecule has 0 spiro atoms. The Balaban J connectivity index is 1.66. The van der Waals surface area contributed by atoms with Crippen molar-refractivity contribution < 1.29 is 9.50 Å². The van der Waals surface area contributed by atoms with Crippen molar-refractivity contribution in [2.45, 2.75) is 40.7 Å². The minimum Gasteiger partial charge on any atom is -0.507 e. The number of aromatic nitrogens is 2. The van der Waals surface area contributed by atoms with Gasteiger partial charge >= 0.3 is 0 Å². The molecule has 0 radical (unpaired) electrons. The summed E-state index contributed by atoms with van der Waals surface area (Å²) in [6.07, 6.45) is 2.51. The largest absolute Gasteiger partial charge is 0.507 e. The molecule has 36 heavy (non-hydrogen) atoms. The number of hydrogen-bond acceptors (Lipinski definition) is 6. The third-order valence-corrected chi connectivity index (χ3v) is 7.05. The smallest absolute Gasteiger partial charge is 0.261 e. The highest BCUT2D eigenvalue weighted by atomic mass is 19.1. The fraction of sp³-hybridized carbons (Fsp3) is 0.429. The van der Waals surface area contributed by atoms with Crippen molar-refractivity contribution in [1.82, 2.24) is 14.5 Å². The normalized spacial score (nSPS) is 14.1. The third kappa shape index (κ3) is 5.09. The molecule has 7 nitrogen and oxygen atoms in total. The van der Waals surface area contributed by atoms with Crippen molar-refractivity contribution in [3.8, 4) is 5.75 Å². The number of halogens is 1. The summed E-state index contributed by atoms with van der Waals surface area (Å²) < 4.78 is 16.4. The monoisotopic (exact) mass is 493 g/mol. The molecule has 2 N–H and O–H groups in total. The summed E-state index contributed by atoms with van der Waals surface area (Å²) in [5.41, 5.74) is 3.09. The van der Waals surface area contributed by atoms with E-state index in [-0.39, 0.29) is 16.7 Å². The second kappa shape index (κ2) is 11.1. The topological polar surface area (TPSA) is 73.6 Å². The van der Waals surface area contributed by atoms with E-state index in [4.69, 9.17) is 4.98 Å². The molecule has 0 unspecified atom stereocenters. The molecule has 0 saturated heterocycles. The highest BCUT2D eigenvalue weighted by Crippen LogP contribution is 2.32. The molecule has 0 bridgehead atoms. The van der Waals surface area contributed by atoms with Crippen molar-refractivity contribution in [3.63, 3.8) is 0 Å². The second-order valence-corrected chi connectivity index (χ2v) is 9.03. The van der Waals surface area contributed by atoms with Gasteiger partial charge in [0.1, 0.15) is 17.4 Å². The number of nitrogens with one attached hydrogen (secondary N) is 1. The zero-order chi connectivity index (χ0) is 25.8. The van der Waals surface area contributed by atoms with Crippen LogP contribution in [0, 0.1) is 5.82 Å². The lowest BCUT2D eigenvalue weighted by molar-refractivity contribution is 0.316. The van der Waals surface area contributed by atoms with Crippen molar-refractivity contribution in [3.05, 3.63) is 57.9 Å². The summed E-state index contributed by atoms with van der Waals surface area (Å²) in [7, 11) is 0. The average Bonchev–Trinajstić information content (AvgIpc) is 3.27. The highest BCUT2D eigenvalue weighted by molar-refractivity contribution is 5.87. The number of phenols is 1. The Kier molecular flexibility index (Phi) is 7.94. The molecule has 0 amide bonds. The maximum atomic E-state index is 14.8. The number of anilines is 2. The van der Waals surface area contributed by atoms with Crippen molar-refractivity contribution in [1.29, 1.82) is 0 Å².